The number of thiophene rings is 1. The van der Waals surface area contributed by atoms with Crippen LogP contribution in [0.4, 0.5) is 0 Å². The number of morpholine rings is 1. The maximum absolute atomic E-state index is 5.52. The molecule has 6 heteroatoms. The van der Waals surface area contributed by atoms with E-state index in [1.54, 1.807) is 0 Å². The number of rotatable bonds is 6. The Bertz CT molecular complexity index is 696. The van der Waals surface area contributed by atoms with Crippen molar-refractivity contribution < 1.29 is 4.74 Å². The van der Waals surface area contributed by atoms with Crippen molar-refractivity contribution in [1.29, 1.82) is 0 Å². The van der Waals surface area contributed by atoms with Gasteiger partial charge in [-0.1, -0.05) is 35.9 Å². The second-order valence-corrected chi connectivity index (χ2v) is 7.45. The van der Waals surface area contributed by atoms with E-state index in [9.17, 15) is 0 Å². The van der Waals surface area contributed by atoms with Crippen LogP contribution in [0.25, 0.3) is 0 Å². The van der Waals surface area contributed by atoms with Crippen molar-refractivity contribution in [2.75, 3.05) is 39.9 Å². The number of benzene rings is 1. The molecule has 2 aromatic rings. The highest BCUT2D eigenvalue weighted by Gasteiger charge is 2.23. The molecule has 1 fully saturated rings. The first-order valence-corrected chi connectivity index (χ1v) is 9.99. The Labute approximate surface area is 160 Å². The third-order valence-electron chi connectivity index (χ3n) is 4.59. The minimum Gasteiger partial charge on any atom is -0.379 e. The van der Waals surface area contributed by atoms with E-state index in [1.165, 1.54) is 16.0 Å². The highest BCUT2D eigenvalue weighted by molar-refractivity contribution is 7.10. The van der Waals surface area contributed by atoms with Gasteiger partial charge in [0.25, 0.3) is 0 Å². The minimum absolute atomic E-state index is 0.344. The normalized spacial score (nSPS) is 17.1. The smallest absolute Gasteiger partial charge is 0.191 e. The van der Waals surface area contributed by atoms with Crippen LogP contribution in [0.3, 0.4) is 0 Å². The Hall–Kier alpha value is -1.89. The average molecular weight is 373 g/mol. The van der Waals surface area contributed by atoms with Gasteiger partial charge in [-0.05, 0) is 23.9 Å². The van der Waals surface area contributed by atoms with Crippen LogP contribution in [-0.4, -0.2) is 50.8 Å². The summed E-state index contributed by atoms with van der Waals surface area (Å²) in [6, 6.07) is 13.2. The third kappa shape index (κ3) is 5.30. The lowest BCUT2D eigenvalue weighted by molar-refractivity contribution is 0.0177. The zero-order chi connectivity index (χ0) is 18.2. The van der Waals surface area contributed by atoms with Gasteiger partial charge in [-0.25, -0.2) is 0 Å². The monoisotopic (exact) mass is 372 g/mol. The number of guanidine groups is 1. The summed E-state index contributed by atoms with van der Waals surface area (Å²) in [5.41, 5.74) is 2.54. The number of ether oxygens (including phenoxy) is 1. The van der Waals surface area contributed by atoms with Crippen molar-refractivity contribution in [3.8, 4) is 0 Å². The zero-order valence-corrected chi connectivity index (χ0v) is 16.4. The van der Waals surface area contributed by atoms with E-state index < -0.39 is 0 Å². The molecule has 140 valence electrons. The summed E-state index contributed by atoms with van der Waals surface area (Å²) in [7, 11) is 1.82. The molecule has 0 aliphatic carbocycles. The fraction of sp³-hybridized carbons (Fsp3) is 0.450. The molecule has 1 saturated heterocycles. The maximum Gasteiger partial charge on any atom is 0.191 e. The molecule has 1 aromatic heterocycles. The Balaban J connectivity index is 1.57. The molecule has 3 rings (SSSR count). The van der Waals surface area contributed by atoms with Crippen LogP contribution in [0, 0.1) is 6.92 Å². The van der Waals surface area contributed by atoms with Crippen molar-refractivity contribution >= 4 is 17.3 Å². The van der Waals surface area contributed by atoms with Crippen LogP contribution in [0.1, 0.15) is 22.0 Å². The fourth-order valence-corrected chi connectivity index (χ4v) is 4.06. The number of aliphatic imine (C=N–C) groups is 1. The van der Waals surface area contributed by atoms with E-state index in [1.807, 2.05) is 18.4 Å². The largest absolute Gasteiger partial charge is 0.379 e. The molecule has 5 nitrogen and oxygen atoms in total. The average Bonchev–Trinajstić information content (AvgIpc) is 3.20. The van der Waals surface area contributed by atoms with Gasteiger partial charge in [-0.3, -0.25) is 9.89 Å². The number of aryl methyl sites for hydroxylation is 1. The summed E-state index contributed by atoms with van der Waals surface area (Å²) in [5, 5.41) is 9.07. The number of hydrogen-bond acceptors (Lipinski definition) is 4. The van der Waals surface area contributed by atoms with Crippen molar-refractivity contribution in [3.63, 3.8) is 0 Å². The molecule has 26 heavy (non-hydrogen) atoms. The molecule has 2 N–H and O–H groups in total. The molecule has 0 bridgehead atoms. The first kappa shape index (κ1) is 18.9. The molecule has 2 heterocycles. The molecule has 0 spiro atoms. The highest BCUT2D eigenvalue weighted by atomic mass is 32.1. The molecule has 0 saturated carbocycles. The summed E-state index contributed by atoms with van der Waals surface area (Å²) >= 11 is 1.81. The van der Waals surface area contributed by atoms with Crippen molar-refractivity contribution in [3.05, 3.63) is 57.8 Å². The van der Waals surface area contributed by atoms with Crippen LogP contribution in [0.2, 0.25) is 0 Å². The van der Waals surface area contributed by atoms with Gasteiger partial charge >= 0.3 is 0 Å². The van der Waals surface area contributed by atoms with Gasteiger partial charge < -0.3 is 15.4 Å². The SMILES string of the molecule is CN=C(NCc1cccc(C)c1)NCC(c1cccs1)N1CCOCC1. The predicted molar refractivity (Wildman–Crippen MR) is 109 cm³/mol. The second-order valence-electron chi connectivity index (χ2n) is 6.48. The van der Waals surface area contributed by atoms with Gasteiger partial charge in [0.1, 0.15) is 0 Å². The van der Waals surface area contributed by atoms with E-state index >= 15 is 0 Å². The van der Waals surface area contributed by atoms with Gasteiger partial charge in [0.15, 0.2) is 5.96 Å². The van der Waals surface area contributed by atoms with Crippen LogP contribution in [-0.2, 0) is 11.3 Å². The predicted octanol–water partition coefficient (Wildman–Crippen LogP) is 2.80. The molecule has 1 atom stereocenters. The van der Waals surface area contributed by atoms with Crippen LogP contribution in [0.15, 0.2) is 46.8 Å². The third-order valence-corrected chi connectivity index (χ3v) is 5.56. The van der Waals surface area contributed by atoms with E-state index in [0.717, 1.165) is 45.4 Å². The van der Waals surface area contributed by atoms with Gasteiger partial charge in [-0.2, -0.15) is 0 Å². The first-order valence-electron chi connectivity index (χ1n) is 9.11. The van der Waals surface area contributed by atoms with Crippen LogP contribution >= 0.6 is 11.3 Å². The topological polar surface area (TPSA) is 48.9 Å². The van der Waals surface area contributed by atoms with Gasteiger partial charge in [0, 0.05) is 38.1 Å². The Morgan fingerprint density at radius 3 is 2.77 bits per heavy atom. The second kappa shape index (κ2) is 9.71. The highest BCUT2D eigenvalue weighted by Crippen LogP contribution is 2.25. The molecule has 1 aliphatic heterocycles. The Kier molecular flexibility index (Phi) is 7.05. The standard InChI is InChI=1S/C20H28N4OS/c1-16-5-3-6-17(13-16)14-22-20(21-2)23-15-18(19-7-4-12-26-19)24-8-10-25-11-9-24/h3-7,12-13,18H,8-11,14-15H2,1-2H3,(H2,21,22,23). The fourth-order valence-electron chi connectivity index (χ4n) is 3.20. The van der Waals surface area contributed by atoms with E-state index in [2.05, 4.69) is 69.2 Å². The molecule has 1 aromatic carbocycles. The summed E-state index contributed by atoms with van der Waals surface area (Å²) in [4.78, 5) is 8.26. The van der Waals surface area contributed by atoms with E-state index in [-0.39, 0.29) is 0 Å². The summed E-state index contributed by atoms with van der Waals surface area (Å²) in [6.45, 7) is 7.27. The molecule has 0 radical (unpaired) electrons. The van der Waals surface area contributed by atoms with Crippen molar-refractivity contribution in [2.45, 2.75) is 19.5 Å². The summed E-state index contributed by atoms with van der Waals surface area (Å²) < 4.78 is 5.52. The lowest BCUT2D eigenvalue weighted by Gasteiger charge is -2.34. The van der Waals surface area contributed by atoms with Crippen LogP contribution < -0.4 is 10.6 Å². The summed E-state index contributed by atoms with van der Waals surface area (Å²) in [6.07, 6.45) is 0. The minimum atomic E-state index is 0.344. The molecular formula is C20H28N4OS. The number of hydrogen-bond donors (Lipinski definition) is 2. The molecule has 1 unspecified atom stereocenters. The summed E-state index contributed by atoms with van der Waals surface area (Å²) in [5.74, 6) is 0.835. The maximum atomic E-state index is 5.52. The van der Waals surface area contributed by atoms with Gasteiger partial charge in [0.2, 0.25) is 0 Å². The zero-order valence-electron chi connectivity index (χ0n) is 15.6. The first-order chi connectivity index (χ1) is 12.8. The van der Waals surface area contributed by atoms with Gasteiger partial charge in [0.05, 0.1) is 19.3 Å². The lowest BCUT2D eigenvalue weighted by Crippen LogP contribution is -2.46. The number of nitrogens with one attached hydrogen (secondary N) is 2. The lowest BCUT2D eigenvalue weighted by atomic mass is 10.1. The quantitative estimate of drug-likeness (QED) is 0.605. The van der Waals surface area contributed by atoms with Crippen LogP contribution in [0.5, 0.6) is 0 Å². The molecular weight excluding hydrogens is 344 g/mol. The van der Waals surface area contributed by atoms with E-state index in [4.69, 9.17) is 4.74 Å². The van der Waals surface area contributed by atoms with Gasteiger partial charge in [-0.15, -0.1) is 11.3 Å². The van der Waals surface area contributed by atoms with E-state index in [0.29, 0.717) is 6.04 Å². The Morgan fingerprint density at radius 1 is 1.23 bits per heavy atom. The Morgan fingerprint density at radius 2 is 2.08 bits per heavy atom. The molecule has 0 amide bonds. The van der Waals surface area contributed by atoms with Crippen molar-refractivity contribution in [2.24, 2.45) is 4.99 Å². The number of nitrogens with zero attached hydrogens (tertiary/aromatic N) is 2. The molecule has 1 aliphatic rings. The van der Waals surface area contributed by atoms with Crippen molar-refractivity contribution in [1.82, 2.24) is 15.5 Å².